The predicted molar refractivity (Wildman–Crippen MR) is 130 cm³/mol. The Morgan fingerprint density at radius 2 is 1.90 bits per heavy atom. The second kappa shape index (κ2) is 11.7. The van der Waals surface area contributed by atoms with Crippen molar-refractivity contribution in [2.24, 2.45) is 4.99 Å². The number of benzene rings is 1. The molecule has 0 aromatic heterocycles. The molecule has 3 rings (SSSR count). The van der Waals surface area contributed by atoms with Crippen molar-refractivity contribution in [2.45, 2.75) is 57.2 Å². The van der Waals surface area contributed by atoms with Crippen molar-refractivity contribution < 1.29 is 4.74 Å². The van der Waals surface area contributed by atoms with E-state index in [-0.39, 0.29) is 11.6 Å². The quantitative estimate of drug-likeness (QED) is 0.338. The molecule has 2 heterocycles. The first-order valence-electron chi connectivity index (χ1n) is 11.7. The Kier molecular flexibility index (Phi) is 8.93. The van der Waals surface area contributed by atoms with Crippen LogP contribution in [0.15, 0.2) is 47.5 Å². The van der Waals surface area contributed by atoms with Gasteiger partial charge in [-0.05, 0) is 45.1 Å². The third-order valence-corrected chi connectivity index (χ3v) is 6.51. The summed E-state index contributed by atoms with van der Waals surface area (Å²) < 4.78 is 5.68. The maximum absolute atomic E-state index is 5.68. The zero-order valence-corrected chi connectivity index (χ0v) is 19.6. The number of piperidine rings is 1. The molecule has 172 valence electrons. The monoisotopic (exact) mass is 427 g/mol. The maximum Gasteiger partial charge on any atom is 0.191 e. The number of guanidine groups is 1. The molecular formula is C25H41N5O. The van der Waals surface area contributed by atoms with Crippen LogP contribution in [0.5, 0.6) is 0 Å². The zero-order valence-electron chi connectivity index (χ0n) is 19.6. The van der Waals surface area contributed by atoms with Gasteiger partial charge in [0, 0.05) is 64.1 Å². The highest BCUT2D eigenvalue weighted by molar-refractivity contribution is 5.80. The summed E-state index contributed by atoms with van der Waals surface area (Å²) in [6.07, 6.45) is 4.26. The molecule has 6 heteroatoms. The number of rotatable bonds is 8. The minimum Gasteiger partial charge on any atom is -0.381 e. The lowest BCUT2D eigenvalue weighted by molar-refractivity contribution is 0.0354. The number of nitrogens with one attached hydrogen (secondary N) is 3. The van der Waals surface area contributed by atoms with Gasteiger partial charge in [0.25, 0.3) is 0 Å². The summed E-state index contributed by atoms with van der Waals surface area (Å²) in [6, 6.07) is 11.4. The number of hydrogen-bond donors (Lipinski definition) is 3. The maximum atomic E-state index is 5.68. The van der Waals surface area contributed by atoms with E-state index in [1.165, 1.54) is 11.1 Å². The lowest BCUT2D eigenvalue weighted by Crippen LogP contribution is -2.59. The van der Waals surface area contributed by atoms with Gasteiger partial charge in [0.05, 0.1) is 0 Å². The van der Waals surface area contributed by atoms with Crippen LogP contribution >= 0.6 is 0 Å². The molecule has 1 aromatic carbocycles. The summed E-state index contributed by atoms with van der Waals surface area (Å²) >= 11 is 0. The fourth-order valence-corrected chi connectivity index (χ4v) is 4.68. The molecule has 6 nitrogen and oxygen atoms in total. The molecule has 0 spiro atoms. The van der Waals surface area contributed by atoms with Gasteiger partial charge in [0.2, 0.25) is 0 Å². The average molecular weight is 428 g/mol. The van der Waals surface area contributed by atoms with Crippen molar-refractivity contribution in [1.29, 1.82) is 0 Å². The summed E-state index contributed by atoms with van der Waals surface area (Å²) in [5.74, 6) is 0.901. The second-order valence-electron chi connectivity index (χ2n) is 9.25. The Bertz CT molecular complexity index is 706. The third kappa shape index (κ3) is 7.34. The van der Waals surface area contributed by atoms with Gasteiger partial charge < -0.3 is 20.7 Å². The van der Waals surface area contributed by atoms with Crippen LogP contribution in [0.25, 0.3) is 0 Å². The molecule has 0 bridgehead atoms. The van der Waals surface area contributed by atoms with Gasteiger partial charge in [-0.2, -0.15) is 0 Å². The van der Waals surface area contributed by atoms with Crippen LogP contribution in [0.1, 0.15) is 51.1 Å². The van der Waals surface area contributed by atoms with Gasteiger partial charge in [0.1, 0.15) is 0 Å². The van der Waals surface area contributed by atoms with Crippen LogP contribution in [-0.4, -0.2) is 68.9 Å². The summed E-state index contributed by atoms with van der Waals surface area (Å²) in [7, 11) is 1.86. The van der Waals surface area contributed by atoms with E-state index in [9.17, 15) is 0 Å². The van der Waals surface area contributed by atoms with Crippen LogP contribution in [0.3, 0.4) is 0 Å². The Hall–Kier alpha value is -1.89. The van der Waals surface area contributed by atoms with Crippen molar-refractivity contribution in [1.82, 2.24) is 20.9 Å². The predicted octanol–water partition coefficient (Wildman–Crippen LogP) is 3.09. The van der Waals surface area contributed by atoms with Crippen molar-refractivity contribution >= 4 is 5.96 Å². The fourth-order valence-electron chi connectivity index (χ4n) is 4.68. The number of hydrogen-bond acceptors (Lipinski definition) is 4. The topological polar surface area (TPSA) is 60.9 Å². The molecule has 0 amide bonds. The molecule has 31 heavy (non-hydrogen) atoms. The third-order valence-electron chi connectivity index (χ3n) is 6.51. The largest absolute Gasteiger partial charge is 0.381 e. The average Bonchev–Trinajstić information content (AvgIpc) is 2.78. The highest BCUT2D eigenvalue weighted by Crippen LogP contribution is 2.25. The van der Waals surface area contributed by atoms with E-state index in [2.05, 4.69) is 76.6 Å². The summed E-state index contributed by atoms with van der Waals surface area (Å²) in [6.45, 7) is 14.1. The Morgan fingerprint density at radius 3 is 2.52 bits per heavy atom. The van der Waals surface area contributed by atoms with E-state index < -0.39 is 0 Å². The molecular weight excluding hydrogens is 386 g/mol. The van der Waals surface area contributed by atoms with Gasteiger partial charge in [-0.25, -0.2) is 0 Å². The Labute approximate surface area is 188 Å². The molecule has 1 atom stereocenters. The highest BCUT2D eigenvalue weighted by atomic mass is 16.5. The van der Waals surface area contributed by atoms with Gasteiger partial charge in [-0.3, -0.25) is 9.89 Å². The Morgan fingerprint density at radius 1 is 1.23 bits per heavy atom. The normalized spacial score (nSPS) is 21.5. The first kappa shape index (κ1) is 23.8. The van der Waals surface area contributed by atoms with E-state index in [0.717, 1.165) is 71.0 Å². The number of aliphatic imine (C=N–C) groups is 1. The first-order chi connectivity index (χ1) is 15.0. The minimum atomic E-state index is -0.00399. The standard InChI is InChI=1S/C25H41N5O/c1-20(2)18-30-14-10-23(11-15-30)28-24(26-4)27-19-25(12-16-31-17-13-25)29-21(3)22-8-6-5-7-9-22/h5-9,21,23,29H,1,10-19H2,2-4H3,(H2,26,27,28). The molecule has 1 aromatic rings. The molecule has 0 radical (unpaired) electrons. The van der Waals surface area contributed by atoms with Crippen molar-refractivity contribution in [3.8, 4) is 0 Å². The SMILES string of the molecule is C=C(C)CN1CCC(NC(=NC)NCC2(NC(C)c3ccccc3)CCOCC2)CC1. The lowest BCUT2D eigenvalue weighted by Gasteiger charge is -2.41. The molecule has 2 aliphatic rings. The summed E-state index contributed by atoms with van der Waals surface area (Å²) in [4.78, 5) is 7.00. The van der Waals surface area contributed by atoms with Crippen molar-refractivity contribution in [3.05, 3.63) is 48.0 Å². The minimum absolute atomic E-state index is 0.00399. The van der Waals surface area contributed by atoms with E-state index >= 15 is 0 Å². The van der Waals surface area contributed by atoms with E-state index in [1.807, 2.05) is 7.05 Å². The van der Waals surface area contributed by atoms with E-state index in [0.29, 0.717) is 6.04 Å². The molecule has 2 saturated heterocycles. The van der Waals surface area contributed by atoms with Crippen LogP contribution in [0.4, 0.5) is 0 Å². The van der Waals surface area contributed by atoms with Gasteiger partial charge in [-0.15, -0.1) is 0 Å². The molecule has 2 aliphatic heterocycles. The smallest absolute Gasteiger partial charge is 0.191 e. The van der Waals surface area contributed by atoms with Crippen LogP contribution in [0, 0.1) is 0 Å². The highest BCUT2D eigenvalue weighted by Gasteiger charge is 2.34. The Balaban J connectivity index is 1.53. The number of ether oxygens (including phenoxy) is 1. The molecule has 0 saturated carbocycles. The van der Waals surface area contributed by atoms with Gasteiger partial charge in [0.15, 0.2) is 5.96 Å². The van der Waals surface area contributed by atoms with Gasteiger partial charge >= 0.3 is 0 Å². The molecule has 1 unspecified atom stereocenters. The molecule has 0 aliphatic carbocycles. The first-order valence-corrected chi connectivity index (χ1v) is 11.7. The van der Waals surface area contributed by atoms with Crippen LogP contribution in [0.2, 0.25) is 0 Å². The summed E-state index contributed by atoms with van der Waals surface area (Å²) in [5.41, 5.74) is 2.55. The second-order valence-corrected chi connectivity index (χ2v) is 9.25. The van der Waals surface area contributed by atoms with Crippen LogP contribution < -0.4 is 16.0 Å². The van der Waals surface area contributed by atoms with Crippen LogP contribution in [-0.2, 0) is 4.74 Å². The van der Waals surface area contributed by atoms with Crippen molar-refractivity contribution in [2.75, 3.05) is 46.4 Å². The van der Waals surface area contributed by atoms with Crippen molar-refractivity contribution in [3.63, 3.8) is 0 Å². The molecule has 2 fully saturated rings. The van der Waals surface area contributed by atoms with E-state index in [1.54, 1.807) is 0 Å². The fraction of sp³-hybridized carbons (Fsp3) is 0.640. The van der Waals surface area contributed by atoms with E-state index in [4.69, 9.17) is 4.74 Å². The van der Waals surface area contributed by atoms with Gasteiger partial charge in [-0.1, -0.05) is 42.5 Å². The number of nitrogens with zero attached hydrogens (tertiary/aromatic N) is 2. The summed E-state index contributed by atoms with van der Waals surface area (Å²) in [5, 5.41) is 11.2. The zero-order chi connectivity index (χ0) is 22.1. The lowest BCUT2D eigenvalue weighted by atomic mass is 9.88. The molecule has 3 N–H and O–H groups in total. The number of likely N-dealkylation sites (tertiary alicyclic amines) is 1.